The summed E-state index contributed by atoms with van der Waals surface area (Å²) in [5.74, 6) is -1.90. The highest BCUT2D eigenvalue weighted by Gasteiger charge is 2.49. The summed E-state index contributed by atoms with van der Waals surface area (Å²) in [5.41, 5.74) is -1.30. The maximum Gasteiger partial charge on any atom is 0.353 e. The van der Waals surface area contributed by atoms with E-state index in [4.69, 9.17) is 34.9 Å². The van der Waals surface area contributed by atoms with Gasteiger partial charge in [0.1, 0.15) is 8.15 Å². The van der Waals surface area contributed by atoms with Gasteiger partial charge in [0.25, 0.3) is 5.56 Å². The molecule has 0 saturated carbocycles. The molecule has 0 aromatic carbocycles. The molecule has 2 N–H and O–H groups in total. The van der Waals surface area contributed by atoms with E-state index in [0.29, 0.717) is 6.61 Å². The summed E-state index contributed by atoms with van der Waals surface area (Å²) >= 11 is 5.16. The summed E-state index contributed by atoms with van der Waals surface area (Å²) in [6.07, 6.45) is -0.621. The molecule has 16 heteroatoms. The van der Waals surface area contributed by atoms with Gasteiger partial charge in [0, 0.05) is 26.5 Å². The standard InChI is InChI=1S/C12H21N2O10P3S/c1-4-22-26(28)24-10-9(21-7-27(17,18)20-3)23-12(25(10)19-2)14-6-5-8(15)13-11(14)16/h5-6,9-10,12,26H,4,7H2,1-3H3,(H,17,18)(H,13,15,16)/t9-,10-,12+,25+/m0/s1. The predicted octanol–water partition coefficient (Wildman–Crippen LogP) is 1.08. The minimum Gasteiger partial charge on any atom is -0.355 e. The Bertz CT molecular complexity index is 847. The lowest BCUT2D eigenvalue weighted by Gasteiger charge is -2.23. The molecule has 0 amide bonds. The Morgan fingerprint density at radius 1 is 1.46 bits per heavy atom. The third-order valence-electron chi connectivity index (χ3n) is 3.42. The van der Waals surface area contributed by atoms with E-state index in [0.717, 1.165) is 17.7 Å². The molecule has 0 bridgehead atoms. The van der Waals surface area contributed by atoms with E-state index in [2.05, 4.69) is 9.51 Å². The molecule has 1 fully saturated rings. The number of H-pyrrole nitrogens is 1. The van der Waals surface area contributed by atoms with Gasteiger partial charge in [0.05, 0.1) is 6.61 Å². The van der Waals surface area contributed by atoms with Gasteiger partial charge in [-0.15, -0.1) is 0 Å². The molecule has 2 rings (SSSR count). The van der Waals surface area contributed by atoms with Crippen LogP contribution in [-0.4, -0.2) is 53.8 Å². The maximum atomic E-state index is 12.1. The van der Waals surface area contributed by atoms with Crippen molar-refractivity contribution in [3.05, 3.63) is 33.1 Å². The van der Waals surface area contributed by atoms with Gasteiger partial charge in [0.15, 0.2) is 31.6 Å². The molecule has 1 aromatic heterocycles. The molecular formula is C12H21N2O10P3S. The Morgan fingerprint density at radius 2 is 2.18 bits per heavy atom. The summed E-state index contributed by atoms with van der Waals surface area (Å²) in [4.78, 5) is 35.2. The normalized spacial score (nSPS) is 28.1. The first-order valence-corrected chi connectivity index (χ1v) is 13.5. The largest absolute Gasteiger partial charge is 0.355 e. The lowest BCUT2D eigenvalue weighted by atomic mass is 10.6. The van der Waals surface area contributed by atoms with Gasteiger partial charge in [-0.3, -0.25) is 18.9 Å². The third kappa shape index (κ3) is 6.10. The highest BCUT2D eigenvalue weighted by atomic mass is 32.4. The lowest BCUT2D eigenvalue weighted by Crippen LogP contribution is -2.31. The number of nitrogens with zero attached hydrogens (tertiary/aromatic N) is 1. The number of rotatable bonds is 10. The zero-order valence-electron chi connectivity index (χ0n) is 15.2. The third-order valence-corrected chi connectivity index (χ3v) is 8.36. The maximum absolute atomic E-state index is 12.1. The molecule has 0 aliphatic carbocycles. The van der Waals surface area contributed by atoms with Gasteiger partial charge < -0.3 is 32.5 Å². The lowest BCUT2D eigenvalue weighted by molar-refractivity contribution is -0.164. The smallest absolute Gasteiger partial charge is 0.353 e. The fourth-order valence-electron chi connectivity index (χ4n) is 2.18. The van der Waals surface area contributed by atoms with Crippen molar-refractivity contribution < 1.29 is 37.0 Å². The van der Waals surface area contributed by atoms with Crippen molar-refractivity contribution in [3.8, 4) is 0 Å². The van der Waals surface area contributed by atoms with Crippen molar-refractivity contribution in [2.45, 2.75) is 25.0 Å². The molecule has 12 nitrogen and oxygen atoms in total. The van der Waals surface area contributed by atoms with Gasteiger partial charge >= 0.3 is 13.3 Å². The number of hydrogen-bond acceptors (Lipinski definition) is 10. The number of ether oxygens (including phenoxy) is 2. The summed E-state index contributed by atoms with van der Waals surface area (Å²) in [5, 5.41) is 0. The zero-order chi connectivity index (χ0) is 20.9. The van der Waals surface area contributed by atoms with E-state index in [-0.39, 0.29) is 0 Å². The van der Waals surface area contributed by atoms with E-state index < -0.39 is 58.6 Å². The van der Waals surface area contributed by atoms with Crippen LogP contribution in [0.1, 0.15) is 12.9 Å². The van der Waals surface area contributed by atoms with Crippen LogP contribution in [0.2, 0.25) is 0 Å². The van der Waals surface area contributed by atoms with Crippen molar-refractivity contribution in [3.63, 3.8) is 0 Å². The molecule has 1 aliphatic rings. The zero-order valence-corrected chi connectivity index (χ0v) is 18.8. The first-order chi connectivity index (χ1) is 13.2. The average molecular weight is 478 g/mol. The fraction of sp³-hybridized carbons (Fsp3) is 0.667. The van der Waals surface area contributed by atoms with Crippen LogP contribution < -0.4 is 11.2 Å². The van der Waals surface area contributed by atoms with E-state index in [9.17, 15) is 19.0 Å². The quantitative estimate of drug-likeness (QED) is 0.466. The van der Waals surface area contributed by atoms with Crippen LogP contribution in [0, 0.1) is 0 Å². The Kier molecular flexibility index (Phi) is 9.13. The van der Waals surface area contributed by atoms with Crippen LogP contribution in [0.5, 0.6) is 0 Å². The fourth-order valence-corrected chi connectivity index (χ4v) is 6.51. The SMILES string of the molecule is CCO[PH](=S)O[C@@H]1[C@@H](OCP(=O)(O)OC)O[C@@H](n2ccc(=O)[nH]c2=O)[P@]1OC. The van der Waals surface area contributed by atoms with Crippen molar-refractivity contribution in [2.24, 2.45) is 0 Å². The van der Waals surface area contributed by atoms with Crippen LogP contribution in [0.4, 0.5) is 0 Å². The Balaban J connectivity index is 2.32. The van der Waals surface area contributed by atoms with Gasteiger partial charge in [-0.1, -0.05) is 0 Å². The molecule has 1 aliphatic heterocycles. The average Bonchev–Trinajstić information content (AvgIpc) is 2.97. The molecule has 0 spiro atoms. The van der Waals surface area contributed by atoms with Gasteiger partial charge in [-0.05, 0) is 18.7 Å². The summed E-state index contributed by atoms with van der Waals surface area (Å²) in [7, 11) is -5.33. The van der Waals surface area contributed by atoms with E-state index in [1.165, 1.54) is 13.3 Å². The molecule has 160 valence electrons. The van der Waals surface area contributed by atoms with Crippen LogP contribution in [0.15, 0.2) is 21.9 Å². The van der Waals surface area contributed by atoms with Crippen LogP contribution in [-0.2, 0) is 43.9 Å². The number of aromatic nitrogens is 2. The van der Waals surface area contributed by atoms with Crippen molar-refractivity contribution in [2.75, 3.05) is 27.2 Å². The highest BCUT2D eigenvalue weighted by Crippen LogP contribution is 2.63. The van der Waals surface area contributed by atoms with Crippen molar-refractivity contribution in [1.82, 2.24) is 9.55 Å². The Hall–Kier alpha value is -0.290. The summed E-state index contributed by atoms with van der Waals surface area (Å²) in [6, 6.07) is 1.15. The molecular weight excluding hydrogens is 457 g/mol. The molecule has 2 unspecified atom stereocenters. The molecule has 1 saturated heterocycles. The monoisotopic (exact) mass is 478 g/mol. The predicted molar refractivity (Wildman–Crippen MR) is 104 cm³/mol. The van der Waals surface area contributed by atoms with Gasteiger partial charge in [-0.25, -0.2) is 4.79 Å². The van der Waals surface area contributed by atoms with E-state index in [1.54, 1.807) is 6.92 Å². The van der Waals surface area contributed by atoms with Crippen LogP contribution >= 0.6 is 22.9 Å². The summed E-state index contributed by atoms with van der Waals surface area (Å²) in [6.45, 7) is 2.09. The van der Waals surface area contributed by atoms with Crippen molar-refractivity contribution in [1.29, 1.82) is 0 Å². The molecule has 1 aromatic rings. The minimum atomic E-state index is -3.99. The highest BCUT2D eigenvalue weighted by molar-refractivity contribution is 8.00. The molecule has 28 heavy (non-hydrogen) atoms. The first-order valence-electron chi connectivity index (χ1n) is 7.84. The molecule has 0 radical (unpaired) electrons. The van der Waals surface area contributed by atoms with Crippen molar-refractivity contribution >= 4 is 34.7 Å². The number of nitrogens with one attached hydrogen (secondary N) is 1. The van der Waals surface area contributed by atoms with E-state index in [1.807, 2.05) is 0 Å². The van der Waals surface area contributed by atoms with Gasteiger partial charge in [-0.2, -0.15) is 0 Å². The second-order valence-electron chi connectivity index (χ2n) is 5.20. The second kappa shape index (κ2) is 10.7. The first kappa shape index (κ1) is 24.0. The van der Waals surface area contributed by atoms with E-state index >= 15 is 0 Å². The molecule has 2 heterocycles. The Labute approximate surface area is 167 Å². The minimum absolute atomic E-state index is 0.333. The van der Waals surface area contributed by atoms with Gasteiger partial charge in [0.2, 0.25) is 0 Å². The molecule has 6 atom stereocenters. The number of aromatic amines is 1. The number of hydrogen-bond donors (Lipinski definition) is 2. The summed E-state index contributed by atoms with van der Waals surface area (Å²) < 4.78 is 44.9. The Morgan fingerprint density at radius 3 is 2.75 bits per heavy atom. The second-order valence-corrected chi connectivity index (χ2v) is 11.2. The van der Waals surface area contributed by atoms with Crippen LogP contribution in [0.25, 0.3) is 0 Å². The topological polar surface area (TPSA) is 148 Å². The van der Waals surface area contributed by atoms with Crippen LogP contribution in [0.3, 0.4) is 0 Å².